The van der Waals surface area contributed by atoms with Crippen LogP contribution < -0.4 is 10.7 Å². The van der Waals surface area contributed by atoms with Crippen LogP contribution >= 0.6 is 0 Å². The number of aromatic nitrogens is 2. The van der Waals surface area contributed by atoms with Gasteiger partial charge in [-0.3, -0.25) is 9.59 Å². The lowest BCUT2D eigenvalue weighted by Gasteiger charge is -2.36. The zero-order chi connectivity index (χ0) is 25.8. The molecule has 1 aliphatic heterocycles. The van der Waals surface area contributed by atoms with E-state index in [1.165, 1.54) is 6.26 Å². The number of aromatic amines is 1. The molecule has 3 heterocycles. The van der Waals surface area contributed by atoms with Crippen molar-refractivity contribution in [1.29, 1.82) is 0 Å². The molecule has 4 aromatic rings. The third kappa shape index (κ3) is 5.14. The minimum atomic E-state index is -0.774. The number of carbonyl (C=O) groups excluding carboxylic acids is 1. The van der Waals surface area contributed by atoms with Gasteiger partial charge >= 0.3 is 0 Å². The Morgan fingerprint density at radius 1 is 1.19 bits per heavy atom. The van der Waals surface area contributed by atoms with Crippen molar-refractivity contribution in [2.45, 2.75) is 38.5 Å². The van der Waals surface area contributed by atoms with Crippen LogP contribution in [0.1, 0.15) is 37.1 Å². The second-order valence-corrected chi connectivity index (χ2v) is 8.93. The fourth-order valence-electron chi connectivity index (χ4n) is 4.79. The molecule has 37 heavy (non-hydrogen) atoms. The highest BCUT2D eigenvalue weighted by Crippen LogP contribution is 2.38. The van der Waals surface area contributed by atoms with E-state index in [9.17, 15) is 14.7 Å². The number of imidazole rings is 1. The molecule has 5 rings (SSSR count). The van der Waals surface area contributed by atoms with Crippen LogP contribution in [0.15, 0.2) is 75.8 Å². The zero-order valence-corrected chi connectivity index (χ0v) is 20.5. The number of hydrogen-bond donors (Lipinski definition) is 3. The summed E-state index contributed by atoms with van der Waals surface area (Å²) in [6, 6.07) is 14.7. The number of hydrogen-bond acceptors (Lipinski definition) is 7. The van der Waals surface area contributed by atoms with Gasteiger partial charge in [-0.05, 0) is 50.1 Å². The molecule has 0 radical (unpaired) electrons. The van der Waals surface area contributed by atoms with Crippen LogP contribution in [0.2, 0.25) is 0 Å². The summed E-state index contributed by atoms with van der Waals surface area (Å²) in [5.41, 5.74) is 2.43. The number of nitrogens with zero attached hydrogens (tertiary/aromatic N) is 1. The van der Waals surface area contributed by atoms with Gasteiger partial charge in [0.05, 0.1) is 29.2 Å². The number of amides is 1. The van der Waals surface area contributed by atoms with Gasteiger partial charge in [0.25, 0.3) is 5.91 Å². The van der Waals surface area contributed by atoms with Crippen molar-refractivity contribution in [1.82, 2.24) is 15.3 Å². The summed E-state index contributed by atoms with van der Waals surface area (Å²) in [6.07, 6.45) is 3.36. The Bertz CT molecular complexity index is 1460. The largest absolute Gasteiger partial charge is 0.464 e. The van der Waals surface area contributed by atoms with Crippen LogP contribution in [0.25, 0.3) is 22.0 Å². The molecular weight excluding hydrogens is 474 g/mol. The molecule has 2 aromatic carbocycles. The standard InChI is InChI=1S/C28H29N3O6/c1-2-35-28-17(9-7-13-32)19(20-16-36-23-12-6-3-8-18(23)26(20)33)14-24(37-28)27(34)29-15-25-30-21-10-4-5-11-22(21)31-25/h3-6,8,10-12,14,16-17,19,28,32H,2,7,9,13,15H2,1H3,(H,29,34)(H,30,31)/t17-,19+,28-/m0/s1. The number of allylic oxidation sites excluding steroid dienone is 1. The lowest BCUT2D eigenvalue weighted by atomic mass is 9.81. The number of aliphatic hydroxyl groups excluding tert-OH is 1. The molecule has 0 saturated heterocycles. The number of ether oxygens (including phenoxy) is 2. The molecular formula is C28H29N3O6. The molecule has 9 heteroatoms. The van der Waals surface area contributed by atoms with Gasteiger partial charge < -0.3 is 29.3 Å². The highest BCUT2D eigenvalue weighted by molar-refractivity contribution is 5.91. The van der Waals surface area contributed by atoms with E-state index >= 15 is 0 Å². The first-order valence-corrected chi connectivity index (χ1v) is 12.4. The number of aliphatic hydroxyl groups is 1. The van der Waals surface area contributed by atoms with Gasteiger partial charge in [0.2, 0.25) is 6.29 Å². The molecule has 3 N–H and O–H groups in total. The van der Waals surface area contributed by atoms with E-state index in [4.69, 9.17) is 13.9 Å². The Morgan fingerprint density at radius 3 is 2.81 bits per heavy atom. The normalized spacial score (nSPS) is 19.5. The Labute approximate surface area is 213 Å². The molecule has 1 aliphatic rings. The van der Waals surface area contributed by atoms with Crippen LogP contribution in [0, 0.1) is 5.92 Å². The number of nitrogens with one attached hydrogen (secondary N) is 2. The van der Waals surface area contributed by atoms with Crippen molar-refractivity contribution in [2.24, 2.45) is 5.92 Å². The predicted molar refractivity (Wildman–Crippen MR) is 138 cm³/mol. The second-order valence-electron chi connectivity index (χ2n) is 8.93. The predicted octanol–water partition coefficient (Wildman–Crippen LogP) is 3.73. The molecule has 0 saturated carbocycles. The Kier molecular flexibility index (Phi) is 7.34. The van der Waals surface area contributed by atoms with Gasteiger partial charge in [-0.1, -0.05) is 24.3 Å². The minimum absolute atomic E-state index is 0.0110. The maximum Gasteiger partial charge on any atom is 0.286 e. The van der Waals surface area contributed by atoms with Crippen LogP contribution in [0.5, 0.6) is 0 Å². The van der Waals surface area contributed by atoms with Crippen LogP contribution in [0.4, 0.5) is 0 Å². The van der Waals surface area contributed by atoms with Gasteiger partial charge in [-0.25, -0.2) is 4.98 Å². The van der Waals surface area contributed by atoms with Crippen LogP contribution in [0.3, 0.4) is 0 Å². The minimum Gasteiger partial charge on any atom is -0.464 e. The van der Waals surface area contributed by atoms with Crippen LogP contribution in [-0.4, -0.2) is 40.5 Å². The maximum absolute atomic E-state index is 13.5. The third-order valence-corrected chi connectivity index (χ3v) is 6.56. The first kappa shape index (κ1) is 24.7. The fraction of sp³-hybridized carbons (Fsp3) is 0.321. The van der Waals surface area contributed by atoms with E-state index in [0.29, 0.717) is 41.8 Å². The highest BCUT2D eigenvalue weighted by Gasteiger charge is 2.39. The molecule has 192 valence electrons. The van der Waals surface area contributed by atoms with E-state index < -0.39 is 18.1 Å². The molecule has 0 aliphatic carbocycles. The summed E-state index contributed by atoms with van der Waals surface area (Å²) in [6.45, 7) is 2.35. The van der Waals surface area contributed by atoms with Crippen molar-refractivity contribution in [3.05, 3.63) is 88.2 Å². The summed E-state index contributed by atoms with van der Waals surface area (Å²) in [4.78, 5) is 34.3. The maximum atomic E-state index is 13.5. The van der Waals surface area contributed by atoms with Gasteiger partial charge in [0.15, 0.2) is 11.2 Å². The molecule has 0 spiro atoms. The Hall–Kier alpha value is -3.95. The Morgan fingerprint density at radius 2 is 2.00 bits per heavy atom. The van der Waals surface area contributed by atoms with Crippen molar-refractivity contribution in [3.63, 3.8) is 0 Å². The zero-order valence-electron chi connectivity index (χ0n) is 20.5. The molecule has 0 fully saturated rings. The average molecular weight is 504 g/mol. The fourth-order valence-corrected chi connectivity index (χ4v) is 4.79. The number of fused-ring (bicyclic) bond motifs is 2. The number of H-pyrrole nitrogens is 1. The third-order valence-electron chi connectivity index (χ3n) is 6.56. The van der Waals surface area contributed by atoms with Crippen molar-refractivity contribution < 1.29 is 23.8 Å². The van der Waals surface area contributed by atoms with Crippen molar-refractivity contribution in [3.8, 4) is 0 Å². The molecule has 3 atom stereocenters. The second kappa shape index (κ2) is 11.0. The molecule has 0 bridgehead atoms. The molecule has 1 amide bonds. The summed E-state index contributed by atoms with van der Waals surface area (Å²) >= 11 is 0. The van der Waals surface area contributed by atoms with Crippen LogP contribution in [-0.2, 0) is 20.8 Å². The van der Waals surface area contributed by atoms with Gasteiger partial charge in [0.1, 0.15) is 11.4 Å². The average Bonchev–Trinajstić information content (AvgIpc) is 3.34. The smallest absolute Gasteiger partial charge is 0.286 e. The van der Waals surface area contributed by atoms with E-state index in [1.54, 1.807) is 30.3 Å². The first-order valence-electron chi connectivity index (χ1n) is 12.4. The van der Waals surface area contributed by atoms with E-state index in [0.717, 1.165) is 11.0 Å². The molecule has 0 unspecified atom stereocenters. The summed E-state index contributed by atoms with van der Waals surface area (Å²) < 4.78 is 17.7. The summed E-state index contributed by atoms with van der Waals surface area (Å²) in [5.74, 6) is -0.582. The van der Waals surface area contributed by atoms with Gasteiger partial charge in [-0.15, -0.1) is 0 Å². The van der Waals surface area contributed by atoms with Gasteiger partial charge in [0, 0.05) is 30.6 Å². The van der Waals surface area contributed by atoms with Gasteiger partial charge in [-0.2, -0.15) is 0 Å². The number of carbonyl (C=O) groups is 1. The Balaban J connectivity index is 1.47. The van der Waals surface area contributed by atoms with E-state index in [-0.39, 0.29) is 30.3 Å². The monoisotopic (exact) mass is 503 g/mol. The summed E-state index contributed by atoms with van der Waals surface area (Å²) in [7, 11) is 0. The lowest BCUT2D eigenvalue weighted by molar-refractivity contribution is -0.166. The first-order chi connectivity index (χ1) is 18.1. The number of para-hydroxylation sites is 3. The number of benzene rings is 2. The summed E-state index contributed by atoms with van der Waals surface area (Å²) in [5, 5.41) is 12.8. The van der Waals surface area contributed by atoms with E-state index in [2.05, 4.69) is 15.3 Å². The number of rotatable bonds is 9. The quantitative estimate of drug-likeness (QED) is 0.318. The highest BCUT2D eigenvalue weighted by atomic mass is 16.7. The topological polar surface area (TPSA) is 127 Å². The SMILES string of the molecule is CCO[C@H]1OC(C(=O)NCc2nc3ccccc3[nH]2)=C[C@@H](c2coc3ccccc3c2=O)[C@@H]1CCCO. The molecule has 2 aromatic heterocycles. The lowest BCUT2D eigenvalue weighted by Crippen LogP contribution is -2.40. The van der Waals surface area contributed by atoms with Crippen molar-refractivity contribution >= 4 is 27.9 Å². The van der Waals surface area contributed by atoms with Crippen molar-refractivity contribution in [2.75, 3.05) is 13.2 Å². The molecule has 9 nitrogen and oxygen atoms in total. The van der Waals surface area contributed by atoms with E-state index in [1.807, 2.05) is 31.2 Å².